The van der Waals surface area contributed by atoms with Crippen LogP contribution in [0.25, 0.3) is 0 Å². The number of imidazole rings is 1. The van der Waals surface area contributed by atoms with Crippen molar-refractivity contribution in [3.05, 3.63) is 44.8 Å². The Bertz CT molecular complexity index is 1060. The first kappa shape index (κ1) is 16.9. The molecule has 1 aliphatic heterocycles. The minimum absolute atomic E-state index is 0.0329. The average molecular weight is 473 g/mol. The Hall–Kier alpha value is -2.06. The van der Waals surface area contributed by atoms with Crippen LogP contribution in [0.3, 0.4) is 0 Å². The maximum atomic E-state index is 12.9. The highest BCUT2D eigenvalue weighted by atomic mass is 79.9. The molecule has 1 aromatic carbocycles. The number of nitrogens with zero attached hydrogens (tertiary/aromatic N) is 3. The normalized spacial score (nSPS) is 15.4. The summed E-state index contributed by atoms with van der Waals surface area (Å²) in [7, 11) is 1.70. The van der Waals surface area contributed by atoms with Gasteiger partial charge in [0.2, 0.25) is 0 Å². The molecular formula is C19H22BrClN4O3. The van der Waals surface area contributed by atoms with Gasteiger partial charge in [0.05, 0.1) is 27.1 Å². The lowest BCUT2D eigenvalue weighted by molar-refractivity contribution is 0.0220. The summed E-state index contributed by atoms with van der Waals surface area (Å²) in [5.74, 6) is -0.524. The molecular weight excluding hydrogens is 448 g/mol. The van der Waals surface area contributed by atoms with E-state index in [0.29, 0.717) is 18.7 Å². The van der Waals surface area contributed by atoms with Gasteiger partial charge in [-0.3, -0.25) is 4.79 Å². The number of hydrogen-bond donors (Lipinski definition) is 1. The minimum Gasteiger partial charge on any atom is -0.444 e. The SMILES string of the molecule is [2H]c1c([2H])c(Br)c(Cl)c(NC(=O)c2nc3c(n2C)CCN(C(=O)OC(C)(C)C)C3)c1[2H]. The quantitative estimate of drug-likeness (QED) is 0.704. The van der Waals surface area contributed by atoms with Crippen LogP contribution in [0, 0.1) is 0 Å². The number of carbonyl (C=O) groups is 2. The third-order valence-electron chi connectivity index (χ3n) is 4.12. The van der Waals surface area contributed by atoms with Crippen LogP contribution in [0.4, 0.5) is 10.5 Å². The van der Waals surface area contributed by atoms with Gasteiger partial charge in [-0.1, -0.05) is 17.6 Å². The van der Waals surface area contributed by atoms with E-state index in [9.17, 15) is 9.59 Å². The summed E-state index contributed by atoms with van der Waals surface area (Å²) in [5.41, 5.74) is 0.729. The van der Waals surface area contributed by atoms with Crippen molar-refractivity contribution in [2.24, 2.45) is 7.05 Å². The van der Waals surface area contributed by atoms with Gasteiger partial charge < -0.3 is 19.5 Å². The maximum absolute atomic E-state index is 12.9. The Balaban J connectivity index is 1.86. The van der Waals surface area contributed by atoms with Gasteiger partial charge in [-0.05, 0) is 48.8 Å². The van der Waals surface area contributed by atoms with Crippen LogP contribution in [-0.2, 0) is 24.8 Å². The van der Waals surface area contributed by atoms with Crippen molar-refractivity contribution >= 4 is 45.2 Å². The summed E-state index contributed by atoms with van der Waals surface area (Å²) in [6, 6.07) is -0.956. The van der Waals surface area contributed by atoms with Crippen molar-refractivity contribution in [1.29, 1.82) is 0 Å². The van der Waals surface area contributed by atoms with Crippen LogP contribution >= 0.6 is 27.5 Å². The van der Waals surface area contributed by atoms with Gasteiger partial charge in [-0.25, -0.2) is 9.78 Å². The van der Waals surface area contributed by atoms with Crippen molar-refractivity contribution in [1.82, 2.24) is 14.5 Å². The molecule has 0 unspecified atom stereocenters. The standard InChI is InChI=1S/C19H22BrClN4O3/c1-19(2,3)28-18(27)25-9-8-14-13(10-25)22-16(24(14)4)17(26)23-12-7-5-6-11(20)15(12)21/h5-7H,8-10H2,1-4H3,(H,23,26)/i5D,6D,7D. The lowest BCUT2D eigenvalue weighted by atomic mass is 10.1. The predicted molar refractivity (Wildman–Crippen MR) is 111 cm³/mol. The zero-order valence-corrected chi connectivity index (χ0v) is 18.3. The first-order valence-electron chi connectivity index (χ1n) is 10.1. The smallest absolute Gasteiger partial charge is 0.410 e. The van der Waals surface area contributed by atoms with Crippen LogP contribution in [0.15, 0.2) is 22.6 Å². The molecule has 3 rings (SSSR count). The van der Waals surface area contributed by atoms with Crippen molar-refractivity contribution in [2.45, 2.75) is 39.3 Å². The molecule has 28 heavy (non-hydrogen) atoms. The van der Waals surface area contributed by atoms with Crippen molar-refractivity contribution in [3.63, 3.8) is 0 Å². The summed E-state index contributed by atoms with van der Waals surface area (Å²) in [5, 5.41) is 2.51. The first-order valence-corrected chi connectivity index (χ1v) is 9.77. The number of fused-ring (bicyclic) bond motifs is 1. The van der Waals surface area contributed by atoms with E-state index in [0.717, 1.165) is 5.69 Å². The molecule has 0 radical (unpaired) electrons. The third kappa shape index (κ3) is 4.33. The van der Waals surface area contributed by atoms with Gasteiger partial charge in [0.1, 0.15) is 5.60 Å². The number of benzene rings is 1. The molecule has 0 fully saturated rings. The number of ether oxygens (including phenoxy) is 1. The van der Waals surface area contributed by atoms with E-state index in [1.165, 1.54) is 4.90 Å². The van der Waals surface area contributed by atoms with E-state index in [1.807, 2.05) is 0 Å². The van der Waals surface area contributed by atoms with Crippen LogP contribution in [0.2, 0.25) is 5.02 Å². The number of rotatable bonds is 2. The second-order valence-corrected chi connectivity index (χ2v) is 8.54. The maximum Gasteiger partial charge on any atom is 0.410 e. The fraction of sp³-hybridized carbons (Fsp3) is 0.421. The number of nitrogens with one attached hydrogen (secondary N) is 1. The molecule has 0 atom stereocenters. The molecule has 0 saturated carbocycles. The Morgan fingerprint density at radius 2 is 2.11 bits per heavy atom. The molecule has 2 heterocycles. The van der Waals surface area contributed by atoms with Crippen molar-refractivity contribution in [3.8, 4) is 0 Å². The fourth-order valence-corrected chi connectivity index (χ4v) is 3.28. The summed E-state index contributed by atoms with van der Waals surface area (Å²) in [6.07, 6.45) is 0.0647. The molecule has 1 N–H and O–H groups in total. The van der Waals surface area contributed by atoms with Crippen LogP contribution in [0.1, 0.15) is 46.9 Å². The number of anilines is 1. The third-order valence-corrected chi connectivity index (χ3v) is 5.32. The lowest BCUT2D eigenvalue weighted by Crippen LogP contribution is -2.40. The number of carbonyl (C=O) groups excluding carboxylic acids is 2. The van der Waals surface area contributed by atoms with Gasteiger partial charge in [0, 0.05) is 30.2 Å². The molecule has 0 spiro atoms. The monoisotopic (exact) mass is 471 g/mol. The minimum atomic E-state index is -0.612. The molecule has 0 saturated heterocycles. The number of amides is 2. The first-order chi connectivity index (χ1) is 14.3. The molecule has 9 heteroatoms. The van der Waals surface area contributed by atoms with Gasteiger partial charge in [0.25, 0.3) is 5.91 Å². The average Bonchev–Trinajstić information content (AvgIpc) is 3.03. The zero-order valence-electron chi connectivity index (χ0n) is 18.9. The predicted octanol–water partition coefficient (Wildman–Crippen LogP) is 4.38. The lowest BCUT2D eigenvalue weighted by Gasteiger charge is -2.29. The topological polar surface area (TPSA) is 76.5 Å². The van der Waals surface area contributed by atoms with Gasteiger partial charge in [-0.15, -0.1) is 0 Å². The molecule has 7 nitrogen and oxygen atoms in total. The Labute approximate surface area is 181 Å². The van der Waals surface area contributed by atoms with Gasteiger partial charge >= 0.3 is 6.09 Å². The molecule has 0 bridgehead atoms. The van der Waals surface area contributed by atoms with Crippen LogP contribution in [0.5, 0.6) is 0 Å². The Morgan fingerprint density at radius 1 is 1.39 bits per heavy atom. The van der Waals surface area contributed by atoms with E-state index >= 15 is 0 Å². The van der Waals surface area contributed by atoms with E-state index in [1.54, 1.807) is 32.4 Å². The molecule has 1 aliphatic rings. The summed E-state index contributed by atoms with van der Waals surface area (Å²) >= 11 is 9.30. The molecule has 150 valence electrons. The Morgan fingerprint density at radius 3 is 2.79 bits per heavy atom. The highest BCUT2D eigenvalue weighted by molar-refractivity contribution is 9.10. The largest absolute Gasteiger partial charge is 0.444 e. The van der Waals surface area contributed by atoms with Gasteiger partial charge in [-0.2, -0.15) is 0 Å². The molecule has 2 amide bonds. The summed E-state index contributed by atoms with van der Waals surface area (Å²) in [6.45, 7) is 6.03. The second kappa shape index (κ2) is 7.75. The number of aromatic nitrogens is 2. The van der Waals surface area contributed by atoms with E-state index in [4.69, 9.17) is 20.5 Å². The summed E-state index contributed by atoms with van der Waals surface area (Å²) in [4.78, 5) is 31.2. The number of hydrogen-bond acceptors (Lipinski definition) is 4. The highest BCUT2D eigenvalue weighted by Gasteiger charge is 2.30. The van der Waals surface area contributed by atoms with Crippen molar-refractivity contribution < 1.29 is 18.4 Å². The zero-order chi connectivity index (χ0) is 23.2. The molecule has 2 aromatic rings. The molecule has 0 aliphatic carbocycles. The second-order valence-electron chi connectivity index (χ2n) is 7.37. The summed E-state index contributed by atoms with van der Waals surface area (Å²) < 4.78 is 30.9. The highest BCUT2D eigenvalue weighted by Crippen LogP contribution is 2.30. The van der Waals surface area contributed by atoms with Crippen LogP contribution < -0.4 is 5.32 Å². The number of halogens is 2. The van der Waals surface area contributed by atoms with E-state index in [2.05, 4.69) is 26.2 Å². The molecule has 1 aromatic heterocycles. The van der Waals surface area contributed by atoms with Crippen molar-refractivity contribution in [2.75, 3.05) is 11.9 Å². The Kier molecular flexibility index (Phi) is 4.67. The van der Waals surface area contributed by atoms with Crippen LogP contribution in [-0.4, -0.2) is 38.6 Å². The van der Waals surface area contributed by atoms with E-state index < -0.39 is 17.6 Å². The van der Waals surface area contributed by atoms with Gasteiger partial charge in [0.15, 0.2) is 5.82 Å². The fourth-order valence-electron chi connectivity index (χ4n) is 2.84. The van der Waals surface area contributed by atoms with E-state index in [-0.39, 0.29) is 45.7 Å².